The van der Waals surface area contributed by atoms with E-state index in [1.807, 2.05) is 103 Å². The van der Waals surface area contributed by atoms with Crippen molar-refractivity contribution in [3.8, 4) is 126 Å². The summed E-state index contributed by atoms with van der Waals surface area (Å²) in [6.45, 7) is 0. The van der Waals surface area contributed by atoms with Gasteiger partial charge in [0.15, 0.2) is 46.6 Å². The summed E-state index contributed by atoms with van der Waals surface area (Å²) in [7, 11) is -13.9. The molecule has 20 rings (SSSR count). The van der Waals surface area contributed by atoms with Gasteiger partial charge in [0.25, 0.3) is 30.4 Å². The first-order chi connectivity index (χ1) is 52.8. The second-order valence-corrected chi connectivity index (χ2v) is 29.8. The topological polar surface area (TPSA) is 390 Å². The van der Waals surface area contributed by atoms with E-state index in [1.165, 1.54) is 60.7 Å². The predicted octanol–water partition coefficient (Wildman–Crippen LogP) is 14.4. The zero-order valence-corrected chi connectivity index (χ0v) is 57.9. The van der Waals surface area contributed by atoms with Gasteiger partial charge in [-0.05, 0) is 146 Å². The summed E-state index contributed by atoms with van der Waals surface area (Å²) in [4.78, 5) is 73.7. The fourth-order valence-corrected chi connectivity index (χ4v) is 15.2. The number of nitrogens with zero attached hydrogens (tertiary/aromatic N) is 12. The quantitative estimate of drug-likeness (QED) is 0.0621. The molecule has 26 nitrogen and oxygen atoms in total. The smallest absolute Gasteiger partial charge is 0.294 e. The number of H-pyrrole nitrogens is 4. The van der Waals surface area contributed by atoms with Gasteiger partial charge in [0.1, 0.15) is 56.7 Å². The van der Waals surface area contributed by atoms with Crippen molar-refractivity contribution in [3.05, 3.63) is 235 Å². The van der Waals surface area contributed by atoms with E-state index in [9.17, 15) is 38.9 Å². The molecule has 0 amide bonds. The highest BCUT2D eigenvalue weighted by atomic mass is 32.2. The van der Waals surface area contributed by atoms with Crippen LogP contribution in [0.5, 0.6) is 11.5 Å². The van der Waals surface area contributed by atoms with Crippen LogP contribution in [0.2, 0.25) is 0 Å². The van der Waals surface area contributed by atoms with Crippen LogP contribution < -0.4 is 4.74 Å². The molecule has 0 saturated heterocycles. The Hall–Kier alpha value is -14.4. The third-order valence-electron chi connectivity index (χ3n) is 18.8. The van der Waals surface area contributed by atoms with E-state index >= 15 is 0 Å². The summed E-state index contributed by atoms with van der Waals surface area (Å²) in [5, 5.41) is 4.46. The Bertz CT molecular complexity index is 7720. The van der Waals surface area contributed by atoms with Gasteiger partial charge in [-0.2, -0.15) is 25.3 Å². The molecule has 16 aromatic rings. The number of nitrogens with one attached hydrogen (secondary N) is 4. The van der Waals surface area contributed by atoms with Crippen LogP contribution in [0.3, 0.4) is 0 Å². The van der Waals surface area contributed by atoms with Gasteiger partial charge in [0.05, 0.1) is 14.7 Å². The lowest BCUT2D eigenvalue weighted by molar-refractivity contribution is 0.481. The fourth-order valence-electron chi connectivity index (χ4n) is 13.7. The van der Waals surface area contributed by atoms with Crippen LogP contribution in [0.4, 0.5) is 0 Å². The number of benzene rings is 10. The molecule has 6 aromatic heterocycles. The van der Waals surface area contributed by atoms with E-state index in [4.69, 9.17) is 64.5 Å². The normalized spacial score (nSPS) is 12.2. The zero-order valence-electron chi connectivity index (χ0n) is 55.5. The summed E-state index contributed by atoms with van der Waals surface area (Å²) in [5.41, 5.74) is 9.19. The van der Waals surface area contributed by atoms with Gasteiger partial charge < -0.3 is 24.7 Å². The third-order valence-corrected chi connectivity index (χ3v) is 21.4. The molecule has 0 unspecified atom stereocenters. The van der Waals surface area contributed by atoms with Crippen molar-refractivity contribution in [2.45, 2.75) is 14.7 Å². The first-order valence-corrected chi connectivity index (χ1v) is 37.6. The molecule has 520 valence electrons. The molecule has 0 atom stereocenters. The Morgan fingerprint density at radius 2 is 0.541 bits per heavy atom. The molecule has 109 heavy (non-hydrogen) atoms. The maximum atomic E-state index is 12.9. The molecular weight excluding hydrogens is 1440 g/mol. The highest BCUT2D eigenvalue weighted by Crippen LogP contribution is 2.43. The largest absolute Gasteiger partial charge is 0.457 e. The molecular formula is C80H42N16O10S3. The lowest BCUT2D eigenvalue weighted by Gasteiger charge is -2.08. The molecule has 0 saturated carbocycles. The molecule has 7 N–H and O–H groups in total. The Balaban J connectivity index is 0.750. The van der Waals surface area contributed by atoms with Gasteiger partial charge in [0.2, 0.25) is 0 Å². The van der Waals surface area contributed by atoms with Crippen LogP contribution in [-0.2, 0) is 30.4 Å². The Kier molecular flexibility index (Phi) is 14.2. The first-order valence-electron chi connectivity index (χ1n) is 33.2. The minimum absolute atomic E-state index is 0.0468. The lowest BCUT2D eigenvalue weighted by atomic mass is 10.0. The van der Waals surface area contributed by atoms with E-state index in [2.05, 4.69) is 43.6 Å². The summed E-state index contributed by atoms with van der Waals surface area (Å²) in [6, 6.07) is 60.0. The van der Waals surface area contributed by atoms with E-state index in [-0.39, 0.29) is 67.7 Å². The van der Waals surface area contributed by atoms with Crippen LogP contribution in [-0.4, -0.2) is 119 Å². The lowest BCUT2D eigenvalue weighted by Crippen LogP contribution is -1.98. The minimum atomic E-state index is -4.75. The standard InChI is InChI=1S/C80H42N16O10S3/c97-107(98,99)46-24-18-41(19-25-46)15-17-43-21-29-54-60(35-43)76-88-70(54)84-67-51-12-6-7-13-52(51)68(82-67)86-77-61-36-44(23-31-56(61)72(92-77)93-79-63-38-47(108(100,101)102)26-32-57(63)73(89-76)94-79)106-45-22-30-55-62(37-45)78-91-71(55)85-66-50-11-5-4-10-49(50)65(81-66)83-69-53-28-20-42(16-14-40-8-2-1-3-9-40)34-59(53)75(87-69)90-74-58-33-27-48(109(103,104)105)39-64(58)80(95-74)96-78/h1-13,18-39H,(H,97,98,99)(H,100,101,102)(H,103,104,105)(H2,81,83,85,87,90,91,95,96)(H2,82,84,86,88,89,92,93,94). The number of fused-ring (bicyclic) bond motifs is 40. The monoisotopic (exact) mass is 1480 g/mol. The summed E-state index contributed by atoms with van der Waals surface area (Å²) in [6.07, 6.45) is 0. The van der Waals surface area contributed by atoms with E-state index in [0.29, 0.717) is 139 Å². The van der Waals surface area contributed by atoms with Crippen molar-refractivity contribution in [3.63, 3.8) is 0 Å². The van der Waals surface area contributed by atoms with Crippen LogP contribution in [0.25, 0.3) is 179 Å². The summed E-state index contributed by atoms with van der Waals surface area (Å²) in [5.74, 6) is 15.1. The zero-order chi connectivity index (χ0) is 73.8. The SMILES string of the molecule is O=S(=O)(O)c1ccc(C#Cc2ccc3c(c2)-c2nc-3nc3[nH]c(nc4nc(nc5[nH]c(n2)c2ccc(S(=O)(=O)O)cc52)-c2ccc(Oc5ccc6c7nc8nc(nc9[nH]c(nc%10nc(nc([nH]7)c6c5)-c5cc(S(=O)(=O)O)ccc5-%10)c5cc(C#Cc6ccccc6)ccc95)-c5ccccc5-8)cc2-4)c2ccccc32)cc1. The number of aromatic amines is 4. The Morgan fingerprint density at radius 1 is 0.239 bits per heavy atom. The van der Waals surface area contributed by atoms with Crippen molar-refractivity contribution in [1.82, 2.24) is 79.7 Å². The molecule has 10 aromatic carbocycles. The van der Waals surface area contributed by atoms with Crippen molar-refractivity contribution < 1.29 is 43.6 Å². The number of hydrogen-bond acceptors (Lipinski definition) is 19. The van der Waals surface area contributed by atoms with E-state index in [1.54, 1.807) is 48.5 Å². The number of rotatable bonds is 5. The van der Waals surface area contributed by atoms with Gasteiger partial charge in [-0.3, -0.25) is 13.7 Å². The highest BCUT2D eigenvalue weighted by Gasteiger charge is 2.28. The molecule has 29 heteroatoms. The molecule has 10 heterocycles. The second-order valence-electron chi connectivity index (χ2n) is 25.6. The van der Waals surface area contributed by atoms with E-state index in [0.717, 1.165) is 11.1 Å². The molecule has 4 aliphatic rings. The molecule has 0 spiro atoms. The summed E-state index contributed by atoms with van der Waals surface area (Å²) < 4.78 is 112. The van der Waals surface area contributed by atoms with Crippen LogP contribution in [0.1, 0.15) is 22.3 Å². The van der Waals surface area contributed by atoms with Crippen molar-refractivity contribution >= 4 is 119 Å². The summed E-state index contributed by atoms with van der Waals surface area (Å²) >= 11 is 0. The molecule has 4 aliphatic heterocycles. The van der Waals surface area contributed by atoms with Crippen molar-refractivity contribution in [1.29, 1.82) is 0 Å². The fraction of sp³-hybridized carbons (Fsp3) is 0. The van der Waals surface area contributed by atoms with Gasteiger partial charge in [-0.15, -0.1) is 0 Å². The molecule has 0 radical (unpaired) electrons. The van der Waals surface area contributed by atoms with Crippen LogP contribution >= 0.6 is 0 Å². The Labute approximate surface area is 613 Å². The van der Waals surface area contributed by atoms with Crippen LogP contribution in [0, 0.1) is 23.7 Å². The molecule has 0 fully saturated rings. The van der Waals surface area contributed by atoms with E-state index < -0.39 is 40.1 Å². The maximum Gasteiger partial charge on any atom is 0.294 e. The van der Waals surface area contributed by atoms with Gasteiger partial charge >= 0.3 is 0 Å². The number of aromatic nitrogens is 16. The molecule has 16 bridgehead atoms. The number of ether oxygens (including phenoxy) is 1. The Morgan fingerprint density at radius 3 is 1.06 bits per heavy atom. The first kappa shape index (κ1) is 64.2. The van der Waals surface area contributed by atoms with Gasteiger partial charge in [0, 0.05) is 110 Å². The second kappa shape index (κ2) is 24.1. The molecule has 0 aliphatic carbocycles. The predicted molar refractivity (Wildman–Crippen MR) is 406 cm³/mol. The van der Waals surface area contributed by atoms with Crippen LogP contribution in [0.15, 0.2) is 227 Å². The number of hydrogen-bond donors (Lipinski definition) is 7. The average molecular weight is 1480 g/mol. The highest BCUT2D eigenvalue weighted by molar-refractivity contribution is 7.86. The van der Waals surface area contributed by atoms with Crippen molar-refractivity contribution in [2.75, 3.05) is 0 Å². The third kappa shape index (κ3) is 11.3. The maximum absolute atomic E-state index is 12.9. The van der Waals surface area contributed by atoms with Crippen molar-refractivity contribution in [2.24, 2.45) is 0 Å². The van der Waals surface area contributed by atoms with Gasteiger partial charge in [-0.25, -0.2) is 59.8 Å². The minimum Gasteiger partial charge on any atom is -0.457 e. The average Bonchev–Trinajstić information content (AvgIpc) is 1.60. The van der Waals surface area contributed by atoms with Gasteiger partial charge in [-0.1, -0.05) is 90.4 Å².